The van der Waals surface area contributed by atoms with Gasteiger partial charge in [-0.15, -0.1) is 0 Å². The molecule has 0 radical (unpaired) electrons. The number of nitrogens with zero attached hydrogens (tertiary/aromatic N) is 1. The monoisotopic (exact) mass is 464 g/mol. The number of fused-ring (bicyclic) bond motifs is 3. The highest BCUT2D eigenvalue weighted by atomic mass is 19.3. The van der Waals surface area contributed by atoms with E-state index in [0.717, 1.165) is 31.2 Å². The van der Waals surface area contributed by atoms with Crippen molar-refractivity contribution < 1.29 is 31.9 Å². The van der Waals surface area contributed by atoms with E-state index in [2.05, 4.69) is 4.98 Å². The molecule has 0 saturated carbocycles. The number of nitrogens with one attached hydrogen (secondary N) is 1. The Morgan fingerprint density at radius 3 is 2.48 bits per heavy atom. The van der Waals surface area contributed by atoms with Gasteiger partial charge in [-0.05, 0) is 60.9 Å². The van der Waals surface area contributed by atoms with Gasteiger partial charge in [-0.25, -0.2) is 26.7 Å². The summed E-state index contributed by atoms with van der Waals surface area (Å²) in [7, 11) is 0. The van der Waals surface area contributed by atoms with Gasteiger partial charge in [0, 0.05) is 41.2 Å². The highest BCUT2D eigenvalue weighted by Gasteiger charge is 2.42. The molecule has 2 N–H and O–H groups in total. The number of rotatable bonds is 5. The second-order valence-corrected chi connectivity index (χ2v) is 8.48. The molecule has 3 aromatic rings. The Hall–Kier alpha value is -3.20. The zero-order valence-corrected chi connectivity index (χ0v) is 17.8. The fourth-order valence-corrected chi connectivity index (χ4v) is 4.54. The predicted octanol–water partition coefficient (Wildman–Crippen LogP) is 5.67. The normalized spacial score (nSPS) is 19.4. The summed E-state index contributed by atoms with van der Waals surface area (Å²) in [5, 5.41) is 9.42. The third-order valence-electron chi connectivity index (χ3n) is 5.83. The molecule has 0 fully saturated rings. The van der Waals surface area contributed by atoms with Gasteiger partial charge in [0.1, 0.15) is 17.5 Å². The molecule has 33 heavy (non-hydrogen) atoms. The van der Waals surface area contributed by atoms with Crippen molar-refractivity contribution in [2.45, 2.75) is 38.3 Å². The van der Waals surface area contributed by atoms with Crippen LogP contribution in [0, 0.1) is 17.5 Å². The quantitative estimate of drug-likeness (QED) is 0.378. The standard InChI is InChI=1S/C24H21F5N2O2/c1-12-7-16-15-5-4-14(25)10-19(15)30-22(16)23(31(12)11-24(2,28)29)21-17(26)8-13(9-18(21)27)3-6-20(32)33/h3-6,8-10,12,23,30H,7,11H2,1-2H3,(H,32,33)/b6-3+. The van der Waals surface area contributed by atoms with Gasteiger partial charge in [0.2, 0.25) is 0 Å². The third kappa shape index (κ3) is 4.50. The van der Waals surface area contributed by atoms with E-state index < -0.39 is 53.5 Å². The number of halogens is 5. The van der Waals surface area contributed by atoms with E-state index >= 15 is 8.78 Å². The summed E-state index contributed by atoms with van der Waals surface area (Å²) < 4.78 is 72.5. The first kappa shape index (κ1) is 23.0. The zero-order chi connectivity index (χ0) is 24.1. The minimum absolute atomic E-state index is 0.0219. The lowest BCUT2D eigenvalue weighted by atomic mass is 9.87. The topological polar surface area (TPSA) is 56.3 Å². The molecule has 0 aliphatic carbocycles. The van der Waals surface area contributed by atoms with Gasteiger partial charge in [-0.2, -0.15) is 0 Å². The van der Waals surface area contributed by atoms with Crippen molar-refractivity contribution in [2.24, 2.45) is 0 Å². The maximum Gasteiger partial charge on any atom is 0.328 e. The largest absolute Gasteiger partial charge is 0.478 e. The van der Waals surface area contributed by atoms with E-state index in [9.17, 15) is 18.0 Å². The molecule has 9 heteroatoms. The van der Waals surface area contributed by atoms with Crippen LogP contribution in [0.15, 0.2) is 36.4 Å². The molecule has 0 spiro atoms. The number of hydrogen-bond donors (Lipinski definition) is 2. The lowest BCUT2D eigenvalue weighted by Gasteiger charge is -2.42. The molecule has 4 nitrogen and oxygen atoms in total. The molecule has 2 unspecified atom stereocenters. The Labute approximate surface area is 186 Å². The molecule has 1 aliphatic heterocycles. The molecule has 1 aromatic heterocycles. The Balaban J connectivity index is 1.93. The van der Waals surface area contributed by atoms with Gasteiger partial charge in [0.15, 0.2) is 0 Å². The first-order chi connectivity index (χ1) is 15.4. The molecule has 4 rings (SSSR count). The number of benzene rings is 2. The van der Waals surface area contributed by atoms with Gasteiger partial charge in [-0.3, -0.25) is 4.90 Å². The Kier molecular flexibility index (Phi) is 5.78. The van der Waals surface area contributed by atoms with Crippen molar-refractivity contribution in [1.29, 1.82) is 0 Å². The molecule has 2 atom stereocenters. The summed E-state index contributed by atoms with van der Waals surface area (Å²) >= 11 is 0. The molecule has 0 amide bonds. The minimum atomic E-state index is -3.14. The van der Waals surface area contributed by atoms with Crippen LogP contribution >= 0.6 is 0 Å². The van der Waals surface area contributed by atoms with Crippen LogP contribution < -0.4 is 0 Å². The lowest BCUT2D eigenvalue weighted by molar-refractivity contribution is -0.131. The summed E-state index contributed by atoms with van der Waals surface area (Å²) in [6, 6.07) is 4.28. The third-order valence-corrected chi connectivity index (χ3v) is 5.83. The Morgan fingerprint density at radius 2 is 1.88 bits per heavy atom. The summed E-state index contributed by atoms with van der Waals surface area (Å²) in [6.07, 6.45) is 2.11. The average Bonchev–Trinajstić information content (AvgIpc) is 3.04. The van der Waals surface area contributed by atoms with E-state index in [1.54, 1.807) is 13.0 Å². The van der Waals surface area contributed by atoms with E-state index in [-0.39, 0.29) is 5.56 Å². The maximum absolute atomic E-state index is 15.3. The number of aromatic amines is 1. The van der Waals surface area contributed by atoms with Crippen LogP contribution in [0.25, 0.3) is 17.0 Å². The van der Waals surface area contributed by atoms with Gasteiger partial charge in [0.05, 0.1) is 12.6 Å². The zero-order valence-electron chi connectivity index (χ0n) is 17.8. The number of aliphatic carboxylic acids is 1. The predicted molar refractivity (Wildman–Crippen MR) is 114 cm³/mol. The van der Waals surface area contributed by atoms with Crippen molar-refractivity contribution >= 4 is 22.9 Å². The maximum atomic E-state index is 15.3. The highest BCUT2D eigenvalue weighted by molar-refractivity contribution is 5.86. The van der Waals surface area contributed by atoms with Crippen molar-refractivity contribution in [3.05, 3.63) is 76.2 Å². The number of carboxylic acids is 1. The van der Waals surface area contributed by atoms with Gasteiger partial charge >= 0.3 is 5.97 Å². The van der Waals surface area contributed by atoms with Crippen LogP contribution in [-0.2, 0) is 11.2 Å². The number of carbonyl (C=O) groups is 1. The van der Waals surface area contributed by atoms with Gasteiger partial charge in [-0.1, -0.05) is 0 Å². The van der Waals surface area contributed by atoms with Gasteiger partial charge in [0.25, 0.3) is 5.92 Å². The number of H-pyrrole nitrogens is 1. The van der Waals surface area contributed by atoms with Crippen molar-refractivity contribution in [1.82, 2.24) is 9.88 Å². The highest BCUT2D eigenvalue weighted by Crippen LogP contribution is 2.43. The lowest BCUT2D eigenvalue weighted by Crippen LogP contribution is -2.47. The summed E-state index contributed by atoms with van der Waals surface area (Å²) in [5.74, 6) is -6.93. The van der Waals surface area contributed by atoms with E-state index in [4.69, 9.17) is 5.11 Å². The second-order valence-electron chi connectivity index (χ2n) is 8.48. The van der Waals surface area contributed by atoms with E-state index in [1.807, 2.05) is 0 Å². The molecular weight excluding hydrogens is 443 g/mol. The number of alkyl halides is 2. The van der Waals surface area contributed by atoms with Crippen LogP contribution in [0.2, 0.25) is 0 Å². The van der Waals surface area contributed by atoms with Crippen LogP contribution in [0.5, 0.6) is 0 Å². The van der Waals surface area contributed by atoms with E-state index in [0.29, 0.717) is 28.6 Å². The molecular formula is C24H21F5N2O2. The smallest absolute Gasteiger partial charge is 0.328 e. The molecule has 2 aromatic carbocycles. The van der Waals surface area contributed by atoms with Crippen LogP contribution in [0.3, 0.4) is 0 Å². The molecule has 174 valence electrons. The Bertz CT molecular complexity index is 1240. The number of aromatic nitrogens is 1. The second kappa shape index (κ2) is 8.30. The SMILES string of the molecule is CC1Cc2c([nH]c3cc(F)ccc23)C(c2c(F)cc(/C=C/C(=O)O)cc2F)N1CC(C)(F)F. The Morgan fingerprint density at radius 1 is 1.21 bits per heavy atom. The number of carboxylic acid groups (broad SMARTS) is 1. The number of hydrogen-bond acceptors (Lipinski definition) is 2. The summed E-state index contributed by atoms with van der Waals surface area (Å²) in [5.41, 5.74) is 0.957. The average molecular weight is 464 g/mol. The molecule has 0 saturated heterocycles. The fourth-order valence-electron chi connectivity index (χ4n) is 4.54. The summed E-state index contributed by atoms with van der Waals surface area (Å²) in [6.45, 7) is 1.69. The van der Waals surface area contributed by atoms with Gasteiger partial charge < -0.3 is 10.1 Å². The molecule has 0 bridgehead atoms. The summed E-state index contributed by atoms with van der Waals surface area (Å²) in [4.78, 5) is 15.1. The first-order valence-electron chi connectivity index (χ1n) is 10.3. The fraction of sp³-hybridized carbons (Fsp3) is 0.292. The van der Waals surface area contributed by atoms with Crippen molar-refractivity contribution in [3.63, 3.8) is 0 Å². The molecule has 2 heterocycles. The van der Waals surface area contributed by atoms with Crippen LogP contribution in [-0.4, -0.2) is 39.5 Å². The van der Waals surface area contributed by atoms with Crippen LogP contribution in [0.1, 0.15) is 42.3 Å². The van der Waals surface area contributed by atoms with E-state index in [1.165, 1.54) is 17.0 Å². The molecule has 1 aliphatic rings. The van der Waals surface area contributed by atoms with Crippen molar-refractivity contribution in [3.8, 4) is 0 Å². The van der Waals surface area contributed by atoms with Crippen molar-refractivity contribution in [2.75, 3.05) is 6.54 Å². The minimum Gasteiger partial charge on any atom is -0.478 e. The van der Waals surface area contributed by atoms with Crippen LogP contribution in [0.4, 0.5) is 22.0 Å². The first-order valence-corrected chi connectivity index (χ1v) is 10.3.